The predicted molar refractivity (Wildman–Crippen MR) is 76.8 cm³/mol. The number of anilines is 1. The van der Waals surface area contributed by atoms with Gasteiger partial charge in [0.1, 0.15) is 6.61 Å². The van der Waals surface area contributed by atoms with E-state index in [1.165, 1.54) is 0 Å². The fraction of sp³-hybridized carbons (Fsp3) is 0.533. The van der Waals surface area contributed by atoms with Gasteiger partial charge in [0.2, 0.25) is 0 Å². The van der Waals surface area contributed by atoms with Crippen LogP contribution in [0.4, 0.5) is 5.69 Å². The molecule has 2 rings (SSSR count). The van der Waals surface area contributed by atoms with E-state index in [-0.39, 0.29) is 11.3 Å². The number of ether oxygens (including phenoxy) is 1. The molecule has 1 aromatic carbocycles. The average molecular weight is 262 g/mol. The Bertz CT molecular complexity index is 478. The predicted octanol–water partition coefficient (Wildman–Crippen LogP) is 2.61. The van der Waals surface area contributed by atoms with Crippen molar-refractivity contribution in [2.75, 3.05) is 32.1 Å². The van der Waals surface area contributed by atoms with Gasteiger partial charge in [-0.1, -0.05) is 26.8 Å². The van der Waals surface area contributed by atoms with Crippen molar-refractivity contribution in [3.63, 3.8) is 0 Å². The molecule has 1 amide bonds. The number of para-hydroxylation sites is 1. The number of amides is 1. The van der Waals surface area contributed by atoms with Crippen LogP contribution in [0.2, 0.25) is 0 Å². The van der Waals surface area contributed by atoms with Crippen LogP contribution in [0.1, 0.15) is 31.1 Å². The normalized spacial score (nSPS) is 14.1. The van der Waals surface area contributed by atoms with E-state index in [1.807, 2.05) is 25.2 Å². The zero-order valence-corrected chi connectivity index (χ0v) is 12.1. The van der Waals surface area contributed by atoms with E-state index in [2.05, 4.69) is 26.1 Å². The van der Waals surface area contributed by atoms with Crippen molar-refractivity contribution in [3.8, 4) is 5.75 Å². The second kappa shape index (κ2) is 5.11. The lowest BCUT2D eigenvalue weighted by atomic mass is 9.96. The summed E-state index contributed by atoms with van der Waals surface area (Å²) in [6, 6.07) is 5.65. The Morgan fingerprint density at radius 1 is 1.42 bits per heavy atom. The van der Waals surface area contributed by atoms with Crippen molar-refractivity contribution in [1.82, 2.24) is 4.90 Å². The zero-order valence-electron chi connectivity index (χ0n) is 12.1. The molecule has 0 spiro atoms. The Labute approximate surface area is 114 Å². The summed E-state index contributed by atoms with van der Waals surface area (Å²) in [5, 5.41) is 3.25. The van der Waals surface area contributed by atoms with E-state index in [0.717, 1.165) is 12.2 Å². The lowest BCUT2D eigenvalue weighted by molar-refractivity contribution is 0.0741. The molecule has 4 heteroatoms. The Balaban J connectivity index is 2.24. The first-order chi connectivity index (χ1) is 8.88. The van der Waals surface area contributed by atoms with Crippen LogP contribution in [0.25, 0.3) is 0 Å². The van der Waals surface area contributed by atoms with Crippen molar-refractivity contribution < 1.29 is 9.53 Å². The Morgan fingerprint density at radius 3 is 2.84 bits per heavy atom. The van der Waals surface area contributed by atoms with E-state index < -0.39 is 0 Å². The highest BCUT2D eigenvalue weighted by atomic mass is 16.5. The van der Waals surface area contributed by atoms with E-state index in [9.17, 15) is 4.79 Å². The van der Waals surface area contributed by atoms with Gasteiger partial charge in [0.25, 0.3) is 5.91 Å². The highest BCUT2D eigenvalue weighted by Gasteiger charge is 2.24. The maximum atomic E-state index is 12.5. The highest BCUT2D eigenvalue weighted by Crippen LogP contribution is 2.32. The third-order valence-electron chi connectivity index (χ3n) is 2.97. The number of nitrogens with one attached hydrogen (secondary N) is 1. The van der Waals surface area contributed by atoms with E-state index in [1.54, 1.807) is 4.90 Å². The van der Waals surface area contributed by atoms with Crippen molar-refractivity contribution in [2.45, 2.75) is 20.8 Å². The van der Waals surface area contributed by atoms with Crippen LogP contribution in [-0.4, -0.2) is 37.6 Å². The van der Waals surface area contributed by atoms with Crippen molar-refractivity contribution in [3.05, 3.63) is 23.8 Å². The molecule has 0 saturated carbocycles. The third kappa shape index (κ3) is 3.19. The van der Waals surface area contributed by atoms with Gasteiger partial charge in [-0.25, -0.2) is 0 Å². The van der Waals surface area contributed by atoms with Gasteiger partial charge in [-0.2, -0.15) is 0 Å². The van der Waals surface area contributed by atoms with Crippen LogP contribution in [0.5, 0.6) is 5.75 Å². The summed E-state index contributed by atoms with van der Waals surface area (Å²) in [6.45, 7) is 8.45. The molecule has 104 valence electrons. The van der Waals surface area contributed by atoms with Crippen LogP contribution in [0, 0.1) is 5.41 Å². The second-order valence-electron chi connectivity index (χ2n) is 6.18. The Kier molecular flexibility index (Phi) is 3.69. The number of nitrogens with zero attached hydrogens (tertiary/aromatic N) is 1. The van der Waals surface area contributed by atoms with Crippen LogP contribution >= 0.6 is 0 Å². The van der Waals surface area contributed by atoms with Crippen LogP contribution in [-0.2, 0) is 0 Å². The molecule has 0 aromatic heterocycles. The minimum Gasteiger partial charge on any atom is -0.489 e. The molecular weight excluding hydrogens is 240 g/mol. The lowest BCUT2D eigenvalue weighted by Crippen LogP contribution is -2.35. The van der Waals surface area contributed by atoms with Gasteiger partial charge >= 0.3 is 0 Å². The largest absolute Gasteiger partial charge is 0.489 e. The van der Waals surface area contributed by atoms with Gasteiger partial charge in [0, 0.05) is 20.1 Å². The van der Waals surface area contributed by atoms with Crippen LogP contribution in [0.15, 0.2) is 18.2 Å². The number of fused-ring (bicyclic) bond motifs is 1. The molecule has 0 bridgehead atoms. The number of hydrogen-bond donors (Lipinski definition) is 1. The molecule has 0 radical (unpaired) electrons. The van der Waals surface area contributed by atoms with E-state index >= 15 is 0 Å². The molecule has 1 aliphatic rings. The van der Waals surface area contributed by atoms with Gasteiger partial charge in [-0.05, 0) is 17.5 Å². The number of hydrogen-bond acceptors (Lipinski definition) is 3. The monoisotopic (exact) mass is 262 g/mol. The fourth-order valence-electron chi connectivity index (χ4n) is 2.33. The molecule has 0 fully saturated rings. The minimum atomic E-state index is 0.00970. The Morgan fingerprint density at radius 2 is 2.16 bits per heavy atom. The molecule has 0 unspecified atom stereocenters. The van der Waals surface area contributed by atoms with Crippen molar-refractivity contribution >= 4 is 11.6 Å². The summed E-state index contributed by atoms with van der Waals surface area (Å²) >= 11 is 0. The van der Waals surface area contributed by atoms with Crippen molar-refractivity contribution in [2.24, 2.45) is 5.41 Å². The maximum absolute atomic E-state index is 12.5. The first-order valence-corrected chi connectivity index (χ1v) is 6.64. The topological polar surface area (TPSA) is 41.6 Å². The molecule has 1 aliphatic heterocycles. The summed E-state index contributed by atoms with van der Waals surface area (Å²) in [4.78, 5) is 14.3. The van der Waals surface area contributed by atoms with E-state index in [4.69, 9.17) is 4.74 Å². The fourth-order valence-corrected chi connectivity index (χ4v) is 2.33. The molecule has 0 atom stereocenters. The van der Waals surface area contributed by atoms with Crippen molar-refractivity contribution in [1.29, 1.82) is 0 Å². The molecule has 0 saturated heterocycles. The summed E-state index contributed by atoms with van der Waals surface area (Å²) in [5.74, 6) is 0.690. The first kappa shape index (κ1) is 13.7. The standard InChI is InChI=1S/C15H22N2O2/c1-15(2,3)10-17(4)14(18)11-6-5-7-12-13(11)19-9-8-16-12/h5-7,16H,8-10H2,1-4H3. The summed E-state index contributed by atoms with van der Waals surface area (Å²) in [7, 11) is 1.84. The molecule has 1 heterocycles. The number of benzene rings is 1. The number of rotatable bonds is 2. The van der Waals surface area contributed by atoms with Crippen LogP contribution in [0.3, 0.4) is 0 Å². The minimum absolute atomic E-state index is 0.00970. The average Bonchev–Trinajstić information content (AvgIpc) is 2.35. The van der Waals surface area contributed by atoms with E-state index in [0.29, 0.717) is 24.5 Å². The third-order valence-corrected chi connectivity index (χ3v) is 2.97. The second-order valence-corrected chi connectivity index (χ2v) is 6.18. The zero-order chi connectivity index (χ0) is 14.0. The van der Waals surface area contributed by atoms with Crippen LogP contribution < -0.4 is 10.1 Å². The smallest absolute Gasteiger partial charge is 0.257 e. The highest BCUT2D eigenvalue weighted by molar-refractivity contribution is 5.98. The molecule has 4 nitrogen and oxygen atoms in total. The summed E-state index contributed by atoms with van der Waals surface area (Å²) < 4.78 is 5.65. The maximum Gasteiger partial charge on any atom is 0.257 e. The van der Waals surface area contributed by atoms with Gasteiger partial charge in [-0.15, -0.1) is 0 Å². The quantitative estimate of drug-likeness (QED) is 0.890. The number of carbonyl (C=O) groups excluding carboxylic acids is 1. The summed E-state index contributed by atoms with van der Waals surface area (Å²) in [5.41, 5.74) is 1.62. The molecular formula is C15H22N2O2. The molecule has 0 aliphatic carbocycles. The first-order valence-electron chi connectivity index (χ1n) is 6.64. The summed E-state index contributed by atoms with van der Waals surface area (Å²) in [6.07, 6.45) is 0. The van der Waals surface area contributed by atoms with Gasteiger partial charge in [0.15, 0.2) is 5.75 Å². The SMILES string of the molecule is CN(CC(C)(C)C)C(=O)c1cccc2c1OCCN2. The molecule has 19 heavy (non-hydrogen) atoms. The number of carbonyl (C=O) groups is 1. The van der Waals surface area contributed by atoms with Gasteiger partial charge in [0.05, 0.1) is 11.3 Å². The molecule has 1 N–H and O–H groups in total. The lowest BCUT2D eigenvalue weighted by Gasteiger charge is -2.28. The molecule has 1 aromatic rings. The van der Waals surface area contributed by atoms with Gasteiger partial charge in [-0.3, -0.25) is 4.79 Å². The Hall–Kier alpha value is -1.71. The van der Waals surface area contributed by atoms with Gasteiger partial charge < -0.3 is 15.0 Å².